The van der Waals surface area contributed by atoms with Crippen molar-refractivity contribution in [3.63, 3.8) is 0 Å². The van der Waals surface area contributed by atoms with Crippen molar-refractivity contribution >= 4 is 29.4 Å². The fraction of sp³-hybridized carbons (Fsp3) is 0.474. The van der Waals surface area contributed by atoms with Gasteiger partial charge < -0.3 is 14.5 Å². The minimum Gasteiger partial charge on any atom is -0.452 e. The van der Waals surface area contributed by atoms with Crippen LogP contribution < -0.4 is 4.90 Å². The molecule has 1 atom stereocenters. The van der Waals surface area contributed by atoms with E-state index in [0.717, 1.165) is 0 Å². The molecule has 8 nitrogen and oxygen atoms in total. The normalized spacial score (nSPS) is 21.0. The SMILES string of the molecule is CCN(CC)C(=O)COC(=O)[C@]12CCC(=O)N1c1ccccc1C(=O)N2C. The number of rotatable bonds is 5. The Kier molecular flexibility index (Phi) is 4.91. The molecular weight excluding hydrogens is 350 g/mol. The maximum atomic E-state index is 13.0. The van der Waals surface area contributed by atoms with Gasteiger partial charge in [0.15, 0.2) is 6.61 Å². The van der Waals surface area contributed by atoms with Gasteiger partial charge in [0, 0.05) is 33.0 Å². The molecule has 0 aromatic heterocycles. The van der Waals surface area contributed by atoms with Crippen molar-refractivity contribution in [1.82, 2.24) is 9.80 Å². The molecule has 1 aromatic rings. The smallest absolute Gasteiger partial charge is 0.354 e. The summed E-state index contributed by atoms with van der Waals surface area (Å²) in [4.78, 5) is 54.8. The van der Waals surface area contributed by atoms with E-state index in [-0.39, 0.29) is 30.6 Å². The van der Waals surface area contributed by atoms with Crippen LogP contribution in [-0.2, 0) is 19.1 Å². The molecule has 1 saturated heterocycles. The summed E-state index contributed by atoms with van der Waals surface area (Å²) in [5.41, 5.74) is -0.792. The van der Waals surface area contributed by atoms with Gasteiger partial charge in [0.2, 0.25) is 11.6 Å². The van der Waals surface area contributed by atoms with Crippen molar-refractivity contribution in [3.05, 3.63) is 29.8 Å². The highest BCUT2D eigenvalue weighted by Crippen LogP contribution is 2.44. The van der Waals surface area contributed by atoms with Crippen molar-refractivity contribution in [3.8, 4) is 0 Å². The third-order valence-corrected chi connectivity index (χ3v) is 5.31. The molecule has 0 bridgehead atoms. The van der Waals surface area contributed by atoms with E-state index in [1.807, 2.05) is 13.8 Å². The number of fused-ring (bicyclic) bond motifs is 3. The van der Waals surface area contributed by atoms with Crippen LogP contribution in [0.25, 0.3) is 0 Å². The summed E-state index contributed by atoms with van der Waals surface area (Å²) < 4.78 is 5.30. The number of nitrogens with zero attached hydrogens (tertiary/aromatic N) is 3. The lowest BCUT2D eigenvalue weighted by atomic mass is 9.97. The predicted octanol–water partition coefficient (Wildman–Crippen LogP) is 1.01. The molecule has 0 unspecified atom stereocenters. The Bertz CT molecular complexity index is 804. The molecule has 0 radical (unpaired) electrons. The van der Waals surface area contributed by atoms with Crippen LogP contribution in [0.15, 0.2) is 24.3 Å². The first-order valence-electron chi connectivity index (χ1n) is 9.03. The molecule has 3 amide bonds. The van der Waals surface area contributed by atoms with Crippen LogP contribution in [-0.4, -0.2) is 65.9 Å². The second-order valence-electron chi connectivity index (χ2n) is 6.57. The van der Waals surface area contributed by atoms with E-state index >= 15 is 0 Å². The fourth-order valence-electron chi connectivity index (χ4n) is 3.80. The van der Waals surface area contributed by atoms with E-state index in [1.54, 1.807) is 29.2 Å². The fourth-order valence-corrected chi connectivity index (χ4v) is 3.80. The van der Waals surface area contributed by atoms with Gasteiger partial charge >= 0.3 is 5.97 Å². The van der Waals surface area contributed by atoms with Crippen LogP contribution in [0, 0.1) is 0 Å². The van der Waals surface area contributed by atoms with Gasteiger partial charge in [0.05, 0.1) is 11.3 Å². The summed E-state index contributed by atoms with van der Waals surface area (Å²) in [6.45, 7) is 4.27. The number of hydrogen-bond acceptors (Lipinski definition) is 5. The molecule has 2 aliphatic rings. The Balaban J connectivity index is 1.93. The van der Waals surface area contributed by atoms with Crippen LogP contribution >= 0.6 is 0 Å². The third-order valence-electron chi connectivity index (χ3n) is 5.31. The number of para-hydroxylation sites is 1. The maximum absolute atomic E-state index is 13.0. The van der Waals surface area contributed by atoms with Gasteiger partial charge in [-0.1, -0.05) is 12.1 Å². The minimum absolute atomic E-state index is 0.116. The second-order valence-corrected chi connectivity index (χ2v) is 6.57. The summed E-state index contributed by atoms with van der Waals surface area (Å²) >= 11 is 0. The first-order chi connectivity index (χ1) is 12.9. The monoisotopic (exact) mass is 373 g/mol. The Morgan fingerprint density at radius 1 is 1.19 bits per heavy atom. The van der Waals surface area contributed by atoms with E-state index in [9.17, 15) is 19.2 Å². The largest absolute Gasteiger partial charge is 0.452 e. The van der Waals surface area contributed by atoms with Crippen LogP contribution in [0.5, 0.6) is 0 Å². The van der Waals surface area contributed by atoms with Gasteiger partial charge in [-0.2, -0.15) is 0 Å². The zero-order valence-electron chi connectivity index (χ0n) is 15.7. The van der Waals surface area contributed by atoms with Crippen molar-refractivity contribution in [2.45, 2.75) is 32.4 Å². The van der Waals surface area contributed by atoms with Crippen LogP contribution in [0.1, 0.15) is 37.0 Å². The number of amides is 3. The van der Waals surface area contributed by atoms with E-state index in [4.69, 9.17) is 4.74 Å². The zero-order chi connectivity index (χ0) is 19.8. The number of anilines is 1. The molecule has 27 heavy (non-hydrogen) atoms. The molecule has 0 aliphatic carbocycles. The van der Waals surface area contributed by atoms with Crippen molar-refractivity contribution in [2.24, 2.45) is 0 Å². The molecule has 2 aliphatic heterocycles. The molecule has 1 aromatic carbocycles. The lowest BCUT2D eigenvalue weighted by Crippen LogP contribution is -2.67. The van der Waals surface area contributed by atoms with Gasteiger partial charge in [-0.25, -0.2) is 4.79 Å². The molecule has 0 spiro atoms. The lowest BCUT2D eigenvalue weighted by Gasteiger charge is -2.46. The average molecular weight is 373 g/mol. The van der Waals surface area contributed by atoms with E-state index in [1.165, 1.54) is 16.8 Å². The van der Waals surface area contributed by atoms with Gasteiger partial charge in [0.1, 0.15) is 0 Å². The summed E-state index contributed by atoms with van der Waals surface area (Å²) in [5.74, 6) is -1.69. The summed E-state index contributed by atoms with van der Waals surface area (Å²) in [6.07, 6.45) is 0.242. The van der Waals surface area contributed by atoms with Crippen LogP contribution in [0.2, 0.25) is 0 Å². The zero-order valence-corrected chi connectivity index (χ0v) is 15.7. The van der Waals surface area contributed by atoms with Crippen LogP contribution in [0.3, 0.4) is 0 Å². The molecule has 2 heterocycles. The van der Waals surface area contributed by atoms with Gasteiger partial charge in [-0.15, -0.1) is 0 Å². The first kappa shape index (κ1) is 18.9. The van der Waals surface area contributed by atoms with Crippen molar-refractivity contribution < 1.29 is 23.9 Å². The molecule has 3 rings (SSSR count). The lowest BCUT2D eigenvalue weighted by molar-refractivity contribution is -0.161. The quantitative estimate of drug-likeness (QED) is 0.719. The Morgan fingerprint density at radius 3 is 2.52 bits per heavy atom. The Morgan fingerprint density at radius 2 is 1.85 bits per heavy atom. The molecular formula is C19H23N3O5. The third kappa shape index (κ3) is 2.75. The number of benzene rings is 1. The average Bonchev–Trinajstić information content (AvgIpc) is 3.04. The number of carbonyl (C=O) groups excluding carboxylic acids is 4. The summed E-state index contributed by atoms with van der Waals surface area (Å²) in [5, 5.41) is 0. The number of carbonyl (C=O) groups is 4. The summed E-state index contributed by atoms with van der Waals surface area (Å²) in [7, 11) is 1.48. The number of esters is 1. The first-order valence-corrected chi connectivity index (χ1v) is 9.03. The Hall–Kier alpha value is -2.90. The highest BCUT2D eigenvalue weighted by Gasteiger charge is 2.60. The molecule has 8 heteroatoms. The van der Waals surface area contributed by atoms with Gasteiger partial charge in [-0.05, 0) is 26.0 Å². The van der Waals surface area contributed by atoms with Crippen LogP contribution in [0.4, 0.5) is 5.69 Å². The number of hydrogen-bond donors (Lipinski definition) is 0. The highest BCUT2D eigenvalue weighted by molar-refractivity contribution is 6.15. The Labute approximate surface area is 157 Å². The number of likely N-dealkylation sites (N-methyl/N-ethyl adjacent to an activating group) is 2. The van der Waals surface area contributed by atoms with Gasteiger partial charge in [0.25, 0.3) is 11.8 Å². The highest BCUT2D eigenvalue weighted by atomic mass is 16.5. The second kappa shape index (κ2) is 7.02. The topological polar surface area (TPSA) is 87.2 Å². The molecule has 0 N–H and O–H groups in total. The maximum Gasteiger partial charge on any atom is 0.354 e. The van der Waals surface area contributed by atoms with E-state index < -0.39 is 18.2 Å². The summed E-state index contributed by atoms with van der Waals surface area (Å²) in [6, 6.07) is 6.69. The van der Waals surface area contributed by atoms with E-state index in [2.05, 4.69) is 0 Å². The predicted molar refractivity (Wildman–Crippen MR) is 96.9 cm³/mol. The minimum atomic E-state index is -1.55. The van der Waals surface area contributed by atoms with E-state index in [0.29, 0.717) is 24.3 Å². The molecule has 144 valence electrons. The standard InChI is InChI=1S/C19H23N3O5/c1-4-21(5-2)16(24)12-27-18(26)19-11-10-15(23)22(19)14-9-7-6-8-13(14)17(25)20(19)3/h6-9H,4-5,10-12H2,1-3H3/t19-/m0/s1. The van der Waals surface area contributed by atoms with Crippen molar-refractivity contribution in [1.29, 1.82) is 0 Å². The molecule has 1 fully saturated rings. The number of ether oxygens (including phenoxy) is 1. The van der Waals surface area contributed by atoms with Crippen molar-refractivity contribution in [2.75, 3.05) is 31.6 Å². The van der Waals surface area contributed by atoms with Gasteiger partial charge in [-0.3, -0.25) is 19.3 Å². The molecule has 0 saturated carbocycles.